The van der Waals surface area contributed by atoms with Crippen molar-refractivity contribution in [3.05, 3.63) is 32.5 Å². The Morgan fingerprint density at radius 3 is 0.429 bits per heavy atom. The van der Waals surface area contributed by atoms with Crippen LogP contribution in [-0.4, -0.2) is 36.5 Å². The van der Waals surface area contributed by atoms with Gasteiger partial charge in [-0.25, -0.2) is 0 Å². The summed E-state index contributed by atoms with van der Waals surface area (Å²) in [5, 5.41) is 40.6. The summed E-state index contributed by atoms with van der Waals surface area (Å²) in [4.78, 5) is 49.4. The minimum Gasteiger partial charge on any atom is -0.724 e. The zero-order chi connectivity index (χ0) is 16.2. The molecule has 0 spiro atoms. The molecule has 21 heavy (non-hydrogen) atoms. The molecule has 117 valence electrons. The molecule has 0 fully saturated rings. The first-order valence-electron chi connectivity index (χ1n) is 2.57. The van der Waals surface area contributed by atoms with Crippen LogP contribution in [0.4, 0.5) is 0 Å². The quantitative estimate of drug-likeness (QED) is 0.277. The predicted molar refractivity (Wildman–Crippen MR) is 54.3 cm³/mol. The molecule has 0 aliphatic heterocycles. The van der Waals surface area contributed by atoms with Gasteiger partial charge in [0.15, 0.2) is 0 Å². The van der Waals surface area contributed by atoms with E-state index in [2.05, 4.69) is 0 Å². The van der Waals surface area contributed by atoms with Crippen molar-refractivity contribution in [1.82, 2.24) is 0 Å². The number of rotatable bonds is 0. The number of hydrogen-bond acceptors (Lipinski definition) is 6. The van der Waals surface area contributed by atoms with Gasteiger partial charge in [0.2, 0.25) is 0 Å². The molecule has 0 bridgehead atoms. The molecule has 0 aliphatic rings. The first kappa shape index (κ1) is 62.0. The second-order valence-corrected chi connectivity index (χ2v) is 0.548. The van der Waals surface area contributed by atoms with Crippen molar-refractivity contribution in [2.75, 3.05) is 0 Å². The smallest absolute Gasteiger partial charge is 0.724 e. The number of isocyanates is 6. The van der Waals surface area contributed by atoms with E-state index in [1.165, 1.54) is 0 Å². The first-order valence-corrected chi connectivity index (χ1v) is 2.57. The molecule has 12 nitrogen and oxygen atoms in total. The van der Waals surface area contributed by atoms with E-state index in [4.69, 9.17) is 61.2 Å². The molecule has 1 radical (unpaired) electrons. The second-order valence-electron chi connectivity index (χ2n) is 0.548. The molecule has 0 aromatic rings. The molecule has 0 saturated carbocycles. The standard InChI is InChI=1S/6CNO.Co.Fe.Ni/c6*2-1-3;;;/q6*-1;3*+2. The van der Waals surface area contributed by atoms with Crippen molar-refractivity contribution >= 4 is 36.5 Å². The molecule has 0 amide bonds. The summed E-state index contributed by atoms with van der Waals surface area (Å²) in [5.74, 6) is 0. The summed E-state index contributed by atoms with van der Waals surface area (Å²) >= 11 is 0. The molecule has 0 saturated heterocycles. The zero-order valence-electron chi connectivity index (χ0n) is 9.14. The summed E-state index contributed by atoms with van der Waals surface area (Å²) in [6.07, 6.45) is 3.00. The average Bonchev–Trinajstić information content (AvgIpc) is 2.23. The van der Waals surface area contributed by atoms with Gasteiger partial charge >= 0.3 is 50.3 Å². The molecule has 0 aromatic carbocycles. The Bertz CT molecular complexity index is 265. The minimum absolute atomic E-state index is 0. The fourth-order valence-corrected chi connectivity index (χ4v) is 0. The fourth-order valence-electron chi connectivity index (χ4n) is 0. The zero-order valence-corrected chi connectivity index (χ0v) is 12.3. The molecule has 0 aromatic heterocycles. The largest absolute Gasteiger partial charge is 2.00 e. The van der Waals surface area contributed by atoms with Crippen molar-refractivity contribution < 1.29 is 79.1 Å². The minimum atomic E-state index is 0. The van der Waals surface area contributed by atoms with Crippen molar-refractivity contribution in [2.24, 2.45) is 0 Å². The van der Waals surface area contributed by atoms with E-state index in [-0.39, 0.29) is 50.3 Å². The number of carbonyl (C=O) groups excluding carboxylic acids is 6. The van der Waals surface area contributed by atoms with Gasteiger partial charge in [-0.1, -0.05) is 0 Å². The fraction of sp³-hybridized carbons (Fsp3) is 0. The van der Waals surface area contributed by atoms with Crippen molar-refractivity contribution in [1.29, 1.82) is 0 Å². The summed E-state index contributed by atoms with van der Waals surface area (Å²) in [5.41, 5.74) is 0. The Morgan fingerprint density at radius 2 is 0.429 bits per heavy atom. The van der Waals surface area contributed by atoms with E-state index in [0.717, 1.165) is 0 Å². The van der Waals surface area contributed by atoms with Gasteiger partial charge in [0.25, 0.3) is 0 Å². The maximum Gasteiger partial charge on any atom is 2.00 e. The van der Waals surface area contributed by atoms with E-state index in [1.807, 2.05) is 0 Å². The van der Waals surface area contributed by atoms with E-state index >= 15 is 0 Å². The number of nitrogens with zero attached hydrogens (tertiary/aromatic N) is 6. The Morgan fingerprint density at radius 1 is 0.429 bits per heavy atom. The van der Waals surface area contributed by atoms with Gasteiger partial charge < -0.3 is 32.5 Å². The maximum absolute atomic E-state index is 8.24. The predicted octanol–water partition coefficient (Wildman–Crippen LogP) is -0.658. The van der Waals surface area contributed by atoms with Gasteiger partial charge in [-0.3, -0.25) is 28.8 Å². The van der Waals surface area contributed by atoms with Crippen LogP contribution in [0.15, 0.2) is 0 Å². The van der Waals surface area contributed by atoms with Crippen LogP contribution in [0.2, 0.25) is 0 Å². The van der Waals surface area contributed by atoms with Crippen molar-refractivity contribution in [3.63, 3.8) is 0 Å². The Hall–Kier alpha value is -2.20. The first-order chi connectivity index (χ1) is 8.49. The summed E-state index contributed by atoms with van der Waals surface area (Å²) < 4.78 is 0. The van der Waals surface area contributed by atoms with Crippen molar-refractivity contribution in [2.45, 2.75) is 0 Å². The van der Waals surface area contributed by atoms with Crippen LogP contribution < -0.4 is 0 Å². The second kappa shape index (κ2) is 348. The molecule has 0 atom stereocenters. The van der Waals surface area contributed by atoms with Crippen LogP contribution >= 0.6 is 0 Å². The Labute approximate surface area is 148 Å². The SMILES string of the molecule is [Co+2].[Fe+2].[N-]=C=O.[N-]=C=O.[N-]=C=O.[N-]=C=O.[N-]=C=O.[N-]=C=O.[Ni+2]. The van der Waals surface area contributed by atoms with Crippen LogP contribution in [0.1, 0.15) is 0 Å². The van der Waals surface area contributed by atoms with E-state index < -0.39 is 0 Å². The van der Waals surface area contributed by atoms with Crippen LogP contribution in [0.5, 0.6) is 0 Å². The third kappa shape index (κ3) is 918. The topological polar surface area (TPSA) is 236 Å². The Balaban J connectivity index is -0.0000000114. The third-order valence-corrected chi connectivity index (χ3v) is 0. The van der Waals surface area contributed by atoms with Crippen LogP contribution in [-0.2, 0) is 79.1 Å². The molecule has 0 unspecified atom stereocenters. The molecule has 0 heterocycles. The van der Waals surface area contributed by atoms with Crippen LogP contribution in [0.3, 0.4) is 0 Å². The monoisotopic (exact) mass is 425 g/mol. The van der Waals surface area contributed by atoms with Gasteiger partial charge in [-0.2, -0.15) is 0 Å². The molecule has 0 N–H and O–H groups in total. The van der Waals surface area contributed by atoms with Gasteiger partial charge in [-0.05, 0) is 36.5 Å². The molecular weight excluding hydrogens is 426 g/mol. The third-order valence-electron chi connectivity index (χ3n) is 0. The average molecular weight is 426 g/mol. The van der Waals surface area contributed by atoms with Gasteiger partial charge in [-0.15, -0.1) is 0 Å². The molecule has 0 rings (SSSR count). The van der Waals surface area contributed by atoms with Gasteiger partial charge in [0.1, 0.15) is 0 Å². The maximum atomic E-state index is 8.24. The van der Waals surface area contributed by atoms with Crippen LogP contribution in [0, 0.1) is 0 Å². The summed E-state index contributed by atoms with van der Waals surface area (Å²) in [7, 11) is 0. The van der Waals surface area contributed by atoms with Crippen molar-refractivity contribution in [3.8, 4) is 0 Å². The molecular formula is C6CoFeN6NiO6. The number of hydrogen-bond donors (Lipinski definition) is 0. The Kier molecular flexibility index (Phi) is 1030. The van der Waals surface area contributed by atoms with Gasteiger partial charge in [0, 0.05) is 0 Å². The van der Waals surface area contributed by atoms with Crippen LogP contribution in [0.25, 0.3) is 32.5 Å². The van der Waals surface area contributed by atoms with Gasteiger partial charge in [0.05, 0.1) is 0 Å². The summed E-state index contributed by atoms with van der Waals surface area (Å²) in [6, 6.07) is 0. The van der Waals surface area contributed by atoms with E-state index in [9.17, 15) is 0 Å². The molecule has 15 heteroatoms. The normalized spacial score (nSPS) is 2.29. The summed E-state index contributed by atoms with van der Waals surface area (Å²) in [6.45, 7) is 0. The van der Waals surface area contributed by atoms with E-state index in [1.54, 1.807) is 0 Å². The molecule has 0 aliphatic carbocycles. The van der Waals surface area contributed by atoms with E-state index in [0.29, 0.717) is 36.5 Å².